The van der Waals surface area contributed by atoms with Gasteiger partial charge in [-0.15, -0.1) is 0 Å². The van der Waals surface area contributed by atoms with Crippen molar-refractivity contribution in [2.75, 3.05) is 13.1 Å². The highest BCUT2D eigenvalue weighted by molar-refractivity contribution is 5.95. The fraction of sp³-hybridized carbons (Fsp3) is 0.444. The molecule has 1 aromatic carbocycles. The van der Waals surface area contributed by atoms with Crippen LogP contribution in [0.3, 0.4) is 0 Å². The van der Waals surface area contributed by atoms with Crippen molar-refractivity contribution in [3.63, 3.8) is 0 Å². The quantitative estimate of drug-likeness (QED) is 0.869. The zero-order valence-corrected chi connectivity index (χ0v) is 13.2. The molecule has 4 nitrogen and oxygen atoms in total. The van der Waals surface area contributed by atoms with Gasteiger partial charge in [0.2, 0.25) is 0 Å². The van der Waals surface area contributed by atoms with Crippen molar-refractivity contribution in [1.29, 1.82) is 0 Å². The summed E-state index contributed by atoms with van der Waals surface area (Å²) in [6.07, 6.45) is 6.04. The molecule has 116 valence electrons. The second kappa shape index (κ2) is 6.77. The van der Waals surface area contributed by atoms with Gasteiger partial charge in [-0.05, 0) is 31.2 Å². The Hall–Kier alpha value is -2.10. The molecule has 0 spiro atoms. The maximum Gasteiger partial charge on any atom is 0.257 e. The van der Waals surface area contributed by atoms with Crippen LogP contribution in [0.5, 0.6) is 0 Å². The van der Waals surface area contributed by atoms with Crippen LogP contribution in [0.15, 0.2) is 36.5 Å². The maximum atomic E-state index is 12.7. The third kappa shape index (κ3) is 3.06. The van der Waals surface area contributed by atoms with Gasteiger partial charge in [0, 0.05) is 13.1 Å². The molecule has 0 aliphatic carbocycles. The van der Waals surface area contributed by atoms with Gasteiger partial charge in [-0.1, -0.05) is 37.3 Å². The number of rotatable bonds is 4. The molecule has 1 saturated heterocycles. The van der Waals surface area contributed by atoms with E-state index >= 15 is 0 Å². The van der Waals surface area contributed by atoms with Gasteiger partial charge in [-0.3, -0.25) is 9.48 Å². The van der Waals surface area contributed by atoms with E-state index in [1.165, 1.54) is 12.0 Å². The van der Waals surface area contributed by atoms with Crippen LogP contribution in [-0.2, 0) is 13.0 Å². The Morgan fingerprint density at radius 1 is 1.14 bits per heavy atom. The highest BCUT2D eigenvalue weighted by atomic mass is 16.2. The van der Waals surface area contributed by atoms with Crippen molar-refractivity contribution in [3.05, 3.63) is 53.3 Å². The summed E-state index contributed by atoms with van der Waals surface area (Å²) in [6.45, 7) is 4.57. The highest BCUT2D eigenvalue weighted by Crippen LogP contribution is 2.17. The topological polar surface area (TPSA) is 38.1 Å². The summed E-state index contributed by atoms with van der Waals surface area (Å²) in [6, 6.07) is 10.3. The lowest BCUT2D eigenvalue weighted by atomic mass is 10.1. The first kappa shape index (κ1) is 14.8. The first-order chi connectivity index (χ1) is 10.8. The molecule has 3 rings (SSSR count). The molecule has 0 bridgehead atoms. The molecule has 1 aromatic heterocycles. The number of aromatic nitrogens is 2. The Kier molecular flexibility index (Phi) is 4.56. The molecule has 2 heterocycles. The Morgan fingerprint density at radius 2 is 1.86 bits per heavy atom. The van der Waals surface area contributed by atoms with E-state index < -0.39 is 0 Å². The normalized spacial score (nSPS) is 15.0. The van der Waals surface area contributed by atoms with Crippen molar-refractivity contribution >= 4 is 5.91 Å². The number of benzene rings is 1. The minimum atomic E-state index is 0.149. The predicted octanol–water partition coefficient (Wildman–Crippen LogP) is 3.12. The van der Waals surface area contributed by atoms with Crippen LogP contribution in [0.25, 0.3) is 0 Å². The lowest BCUT2D eigenvalue weighted by Gasteiger charge is -2.26. The molecule has 1 fully saturated rings. The van der Waals surface area contributed by atoms with Crippen molar-refractivity contribution in [3.8, 4) is 0 Å². The molecular weight excluding hydrogens is 274 g/mol. The summed E-state index contributed by atoms with van der Waals surface area (Å²) >= 11 is 0. The van der Waals surface area contributed by atoms with Crippen LogP contribution in [0.2, 0.25) is 0 Å². The van der Waals surface area contributed by atoms with Crippen molar-refractivity contribution < 1.29 is 4.79 Å². The first-order valence-electron chi connectivity index (χ1n) is 8.17. The lowest BCUT2D eigenvalue weighted by molar-refractivity contribution is 0.0723. The van der Waals surface area contributed by atoms with E-state index in [1.807, 2.05) is 27.8 Å². The summed E-state index contributed by atoms with van der Waals surface area (Å²) in [5.41, 5.74) is 3.03. The molecule has 0 unspecified atom stereocenters. The summed E-state index contributed by atoms with van der Waals surface area (Å²) in [7, 11) is 0. The predicted molar refractivity (Wildman–Crippen MR) is 86.9 cm³/mol. The zero-order valence-electron chi connectivity index (χ0n) is 13.2. The number of amides is 1. The van der Waals surface area contributed by atoms with E-state index in [0.29, 0.717) is 0 Å². The molecule has 2 aromatic rings. The third-order valence-corrected chi connectivity index (χ3v) is 4.33. The Balaban J connectivity index is 1.82. The molecule has 1 amide bonds. The fourth-order valence-corrected chi connectivity index (χ4v) is 3.12. The van der Waals surface area contributed by atoms with Crippen LogP contribution < -0.4 is 0 Å². The lowest BCUT2D eigenvalue weighted by Crippen LogP contribution is -2.36. The van der Waals surface area contributed by atoms with Gasteiger partial charge in [-0.25, -0.2) is 0 Å². The number of likely N-dealkylation sites (tertiary alicyclic amines) is 1. The van der Waals surface area contributed by atoms with Crippen molar-refractivity contribution in [2.45, 2.75) is 39.2 Å². The van der Waals surface area contributed by atoms with E-state index in [-0.39, 0.29) is 5.91 Å². The van der Waals surface area contributed by atoms with Gasteiger partial charge in [0.15, 0.2) is 0 Å². The van der Waals surface area contributed by atoms with E-state index in [1.54, 1.807) is 6.20 Å². The van der Waals surface area contributed by atoms with Crippen molar-refractivity contribution in [2.24, 2.45) is 0 Å². The minimum Gasteiger partial charge on any atom is -0.339 e. The fourth-order valence-electron chi connectivity index (χ4n) is 3.12. The molecule has 0 radical (unpaired) electrons. The smallest absolute Gasteiger partial charge is 0.257 e. The molecule has 1 aliphatic heterocycles. The summed E-state index contributed by atoms with van der Waals surface area (Å²) < 4.78 is 1.96. The Bertz CT molecular complexity index is 627. The van der Waals surface area contributed by atoms with Gasteiger partial charge in [0.05, 0.1) is 24.0 Å². The van der Waals surface area contributed by atoms with Gasteiger partial charge in [-0.2, -0.15) is 5.10 Å². The van der Waals surface area contributed by atoms with E-state index in [0.717, 1.165) is 50.2 Å². The van der Waals surface area contributed by atoms with E-state index in [2.05, 4.69) is 24.2 Å². The van der Waals surface area contributed by atoms with Crippen LogP contribution in [0.1, 0.15) is 47.8 Å². The van der Waals surface area contributed by atoms with Gasteiger partial charge >= 0.3 is 0 Å². The molecule has 0 saturated carbocycles. The van der Waals surface area contributed by atoms with Crippen LogP contribution in [0, 0.1) is 0 Å². The molecule has 22 heavy (non-hydrogen) atoms. The summed E-state index contributed by atoms with van der Waals surface area (Å²) in [5, 5.41) is 4.47. The molecular formula is C18H23N3O. The van der Waals surface area contributed by atoms with Crippen LogP contribution in [-0.4, -0.2) is 33.7 Å². The van der Waals surface area contributed by atoms with Gasteiger partial charge in [0.25, 0.3) is 5.91 Å². The SMILES string of the molecule is CCc1c(C(=O)N2CCCCC2)cnn1Cc1ccccc1. The number of carbonyl (C=O) groups is 1. The largest absolute Gasteiger partial charge is 0.339 e. The number of hydrogen-bond donors (Lipinski definition) is 0. The van der Waals surface area contributed by atoms with Gasteiger partial charge in [0.1, 0.15) is 0 Å². The number of hydrogen-bond acceptors (Lipinski definition) is 2. The average Bonchev–Trinajstić information content (AvgIpc) is 2.98. The number of piperidine rings is 1. The number of carbonyl (C=O) groups excluding carboxylic acids is 1. The highest BCUT2D eigenvalue weighted by Gasteiger charge is 2.23. The summed E-state index contributed by atoms with van der Waals surface area (Å²) in [4.78, 5) is 14.7. The van der Waals surface area contributed by atoms with E-state index in [4.69, 9.17) is 0 Å². The monoisotopic (exact) mass is 297 g/mol. The molecule has 4 heteroatoms. The maximum absolute atomic E-state index is 12.7. The second-order valence-electron chi connectivity index (χ2n) is 5.85. The minimum absolute atomic E-state index is 0.149. The average molecular weight is 297 g/mol. The standard InChI is InChI=1S/C18H23N3O/c1-2-17-16(18(22)20-11-7-4-8-12-20)13-19-21(17)14-15-9-5-3-6-10-15/h3,5-6,9-10,13H,2,4,7-8,11-12,14H2,1H3. The summed E-state index contributed by atoms with van der Waals surface area (Å²) in [5.74, 6) is 0.149. The molecule has 0 atom stereocenters. The molecule has 0 N–H and O–H groups in total. The Morgan fingerprint density at radius 3 is 2.55 bits per heavy atom. The zero-order chi connectivity index (χ0) is 15.4. The number of nitrogens with zero attached hydrogens (tertiary/aromatic N) is 3. The molecule has 1 aliphatic rings. The third-order valence-electron chi connectivity index (χ3n) is 4.33. The van der Waals surface area contributed by atoms with Crippen LogP contribution >= 0.6 is 0 Å². The van der Waals surface area contributed by atoms with E-state index in [9.17, 15) is 4.79 Å². The van der Waals surface area contributed by atoms with Crippen molar-refractivity contribution in [1.82, 2.24) is 14.7 Å². The van der Waals surface area contributed by atoms with Crippen LogP contribution in [0.4, 0.5) is 0 Å². The second-order valence-corrected chi connectivity index (χ2v) is 5.85. The van der Waals surface area contributed by atoms with Gasteiger partial charge < -0.3 is 4.90 Å². The Labute approximate surface area is 131 Å². The first-order valence-corrected chi connectivity index (χ1v) is 8.17.